The third-order valence-electron chi connectivity index (χ3n) is 7.63. The van der Waals surface area contributed by atoms with Crippen LogP contribution in [0, 0.1) is 0 Å². The summed E-state index contributed by atoms with van der Waals surface area (Å²) < 4.78 is 32.4. The van der Waals surface area contributed by atoms with Crippen LogP contribution in [0.2, 0.25) is 0 Å². The van der Waals surface area contributed by atoms with Crippen molar-refractivity contribution in [2.75, 3.05) is 32.0 Å². The first-order valence-electron chi connectivity index (χ1n) is 13.2. The minimum Gasteiger partial charge on any atom is -0.497 e. The number of aliphatic hydroxyl groups excluding tert-OH is 2. The standard InChI is InChI=1S/C31H31ClFN3O6/c1-40-23-12-8-21(9-13-23)31(20-6-4-3-5-7-20,22-10-14-24(41-2)15-11-22)35-25-16-17-36(29(39)34-25)28-26(33)27(38)30(18-32,19-37)42-28/h3-17,26-28,37-38H,18-19H2,1-2H3,(H,34,35,39)/t26-,27-,28+,30+/m0/s1. The number of aliphatic hydroxyl groups is 2. The van der Waals surface area contributed by atoms with Crippen LogP contribution in [-0.4, -0.2) is 64.3 Å². The van der Waals surface area contributed by atoms with Gasteiger partial charge < -0.3 is 29.7 Å². The van der Waals surface area contributed by atoms with Gasteiger partial charge >= 0.3 is 5.69 Å². The van der Waals surface area contributed by atoms with Crippen molar-refractivity contribution in [3.05, 3.63) is 118 Å². The average molecular weight is 596 g/mol. The molecule has 3 N–H and O–H groups in total. The number of alkyl halides is 2. The summed E-state index contributed by atoms with van der Waals surface area (Å²) in [4.78, 5) is 17.5. The molecule has 0 spiro atoms. The van der Waals surface area contributed by atoms with Crippen molar-refractivity contribution in [3.63, 3.8) is 0 Å². The van der Waals surface area contributed by atoms with Crippen LogP contribution in [0.5, 0.6) is 11.5 Å². The van der Waals surface area contributed by atoms with Crippen LogP contribution >= 0.6 is 11.6 Å². The fourth-order valence-corrected chi connectivity index (χ4v) is 5.58. The van der Waals surface area contributed by atoms with Crippen molar-refractivity contribution in [3.8, 4) is 11.5 Å². The van der Waals surface area contributed by atoms with E-state index in [0.717, 1.165) is 21.3 Å². The van der Waals surface area contributed by atoms with Crippen molar-refractivity contribution >= 4 is 17.4 Å². The molecule has 0 bridgehead atoms. The minimum atomic E-state index is -2.02. The summed E-state index contributed by atoms with van der Waals surface area (Å²) in [5.41, 5.74) is -1.11. The topological polar surface area (TPSA) is 115 Å². The molecule has 2 heterocycles. The van der Waals surface area contributed by atoms with Crippen LogP contribution in [0.15, 0.2) is 95.9 Å². The van der Waals surface area contributed by atoms with Gasteiger partial charge in [0.25, 0.3) is 0 Å². The number of hydrogen-bond donors (Lipinski definition) is 3. The largest absolute Gasteiger partial charge is 0.497 e. The van der Waals surface area contributed by atoms with Gasteiger partial charge in [0, 0.05) is 6.20 Å². The normalized spacial score (nSPS) is 22.1. The van der Waals surface area contributed by atoms with E-state index in [9.17, 15) is 15.0 Å². The molecular formula is C31H31ClFN3O6. The molecule has 9 nitrogen and oxygen atoms in total. The van der Waals surface area contributed by atoms with Gasteiger partial charge in [0.2, 0.25) is 0 Å². The van der Waals surface area contributed by atoms with Gasteiger partial charge in [-0.3, -0.25) is 4.57 Å². The van der Waals surface area contributed by atoms with E-state index in [0.29, 0.717) is 11.5 Å². The summed E-state index contributed by atoms with van der Waals surface area (Å²) in [6, 6.07) is 26.3. The van der Waals surface area contributed by atoms with Gasteiger partial charge in [0.1, 0.15) is 34.6 Å². The number of methoxy groups -OCH3 is 2. The summed E-state index contributed by atoms with van der Waals surface area (Å²) >= 11 is 5.89. The summed E-state index contributed by atoms with van der Waals surface area (Å²) in [6.07, 6.45) is -3.94. The zero-order chi connectivity index (χ0) is 29.9. The zero-order valence-electron chi connectivity index (χ0n) is 23.0. The average Bonchev–Trinajstić information content (AvgIpc) is 3.30. The Hall–Kier alpha value is -3.96. The van der Waals surface area contributed by atoms with Crippen molar-refractivity contribution in [2.24, 2.45) is 0 Å². The van der Waals surface area contributed by atoms with Crippen LogP contribution in [0.1, 0.15) is 22.9 Å². The monoisotopic (exact) mass is 595 g/mol. The Kier molecular flexibility index (Phi) is 8.51. The molecule has 5 rings (SSSR count). The van der Waals surface area contributed by atoms with Gasteiger partial charge in [-0.2, -0.15) is 4.98 Å². The maximum atomic E-state index is 15.1. The number of halogens is 2. The van der Waals surface area contributed by atoms with Gasteiger partial charge in [-0.1, -0.05) is 54.6 Å². The maximum absolute atomic E-state index is 15.1. The highest BCUT2D eigenvalue weighted by molar-refractivity contribution is 6.18. The zero-order valence-corrected chi connectivity index (χ0v) is 23.7. The van der Waals surface area contributed by atoms with Crippen LogP contribution in [0.4, 0.5) is 10.2 Å². The SMILES string of the molecule is COc1ccc(C(Nc2ccn([C@@H]3O[C@@](CO)(CCl)[C@@H](O)[C@@H]3F)c(=O)n2)(c2ccccc2)c2ccc(OC)cc2)cc1. The van der Waals surface area contributed by atoms with Crippen molar-refractivity contribution < 1.29 is 28.8 Å². The highest BCUT2D eigenvalue weighted by Gasteiger charge is 2.55. The molecular weight excluding hydrogens is 565 g/mol. The summed E-state index contributed by atoms with van der Waals surface area (Å²) in [5.74, 6) is 1.18. The van der Waals surface area contributed by atoms with Crippen molar-refractivity contribution in [2.45, 2.75) is 29.6 Å². The molecule has 220 valence electrons. The first-order valence-corrected chi connectivity index (χ1v) is 13.7. The van der Waals surface area contributed by atoms with Crippen LogP contribution in [0.25, 0.3) is 0 Å². The Morgan fingerprint density at radius 1 is 0.976 bits per heavy atom. The van der Waals surface area contributed by atoms with E-state index >= 15 is 4.39 Å². The van der Waals surface area contributed by atoms with Crippen molar-refractivity contribution in [1.82, 2.24) is 9.55 Å². The molecule has 1 aliphatic heterocycles. The first kappa shape index (κ1) is 29.5. The molecule has 4 aromatic rings. The highest BCUT2D eigenvalue weighted by atomic mass is 35.5. The van der Waals surface area contributed by atoms with Crippen molar-refractivity contribution in [1.29, 1.82) is 0 Å². The maximum Gasteiger partial charge on any atom is 0.351 e. The second-order valence-electron chi connectivity index (χ2n) is 9.95. The summed E-state index contributed by atoms with van der Waals surface area (Å²) in [7, 11) is 3.18. The molecule has 11 heteroatoms. The molecule has 1 aliphatic rings. The van der Waals surface area contributed by atoms with Crippen LogP contribution in [-0.2, 0) is 10.3 Å². The number of anilines is 1. The lowest BCUT2D eigenvalue weighted by Crippen LogP contribution is -2.47. The van der Waals surface area contributed by atoms with E-state index < -0.39 is 41.9 Å². The van der Waals surface area contributed by atoms with Gasteiger partial charge in [-0.15, -0.1) is 11.6 Å². The molecule has 1 fully saturated rings. The summed E-state index contributed by atoms with van der Waals surface area (Å²) in [6.45, 7) is -0.722. The van der Waals surface area contributed by atoms with E-state index in [1.54, 1.807) is 14.2 Å². The quantitative estimate of drug-likeness (QED) is 0.187. The Bertz CT molecular complexity index is 1500. The first-order chi connectivity index (χ1) is 20.3. The number of hydrogen-bond acceptors (Lipinski definition) is 8. The molecule has 0 radical (unpaired) electrons. The Labute approximate surface area is 247 Å². The van der Waals surface area contributed by atoms with E-state index in [4.69, 9.17) is 25.8 Å². The fraction of sp³-hybridized carbons (Fsp3) is 0.290. The Morgan fingerprint density at radius 2 is 1.52 bits per heavy atom. The molecule has 0 amide bonds. The molecule has 1 saturated heterocycles. The molecule has 1 aromatic heterocycles. The Morgan fingerprint density at radius 3 is 1.98 bits per heavy atom. The number of benzene rings is 3. The number of rotatable bonds is 10. The number of aromatic nitrogens is 2. The molecule has 0 aliphatic carbocycles. The van der Waals surface area contributed by atoms with E-state index in [1.165, 1.54) is 12.3 Å². The van der Waals surface area contributed by atoms with Gasteiger partial charge in [-0.05, 0) is 47.0 Å². The molecule has 3 aromatic carbocycles. The Balaban J connectivity index is 1.63. The number of nitrogens with zero attached hydrogens (tertiary/aromatic N) is 2. The second kappa shape index (κ2) is 12.1. The number of ether oxygens (including phenoxy) is 3. The molecule has 0 unspecified atom stereocenters. The van der Waals surface area contributed by atoms with Gasteiger partial charge in [0.05, 0.1) is 26.7 Å². The molecule has 4 atom stereocenters. The molecule has 42 heavy (non-hydrogen) atoms. The fourth-order valence-electron chi connectivity index (χ4n) is 5.27. The van der Waals surface area contributed by atoms with Gasteiger partial charge in [-0.25, -0.2) is 9.18 Å². The van der Waals surface area contributed by atoms with Crippen LogP contribution in [0.3, 0.4) is 0 Å². The van der Waals surface area contributed by atoms with Crippen LogP contribution < -0.4 is 20.5 Å². The van der Waals surface area contributed by atoms with Gasteiger partial charge in [0.15, 0.2) is 12.4 Å². The highest BCUT2D eigenvalue weighted by Crippen LogP contribution is 2.42. The minimum absolute atomic E-state index is 0.200. The number of nitrogens with one attached hydrogen (secondary N) is 1. The van der Waals surface area contributed by atoms with E-state index in [-0.39, 0.29) is 11.7 Å². The third kappa shape index (κ3) is 5.11. The van der Waals surface area contributed by atoms with E-state index in [1.807, 2.05) is 78.9 Å². The third-order valence-corrected chi connectivity index (χ3v) is 8.09. The predicted molar refractivity (Wildman–Crippen MR) is 156 cm³/mol. The lowest BCUT2D eigenvalue weighted by Gasteiger charge is -2.37. The summed E-state index contributed by atoms with van der Waals surface area (Å²) in [5, 5.41) is 23.6. The predicted octanol–water partition coefficient (Wildman–Crippen LogP) is 3.86. The smallest absolute Gasteiger partial charge is 0.351 e. The molecule has 0 saturated carbocycles. The van der Waals surface area contributed by atoms with E-state index in [2.05, 4.69) is 10.3 Å². The lowest BCUT2D eigenvalue weighted by molar-refractivity contribution is -0.115. The second-order valence-corrected chi connectivity index (χ2v) is 10.2. The lowest BCUT2D eigenvalue weighted by atomic mass is 9.77.